The molecule has 0 spiro atoms. The minimum absolute atomic E-state index is 0.457. The lowest BCUT2D eigenvalue weighted by Crippen LogP contribution is -2.15. The molecule has 0 aliphatic heterocycles. The minimum atomic E-state index is 0.457. The molecular weight excluding hydrogens is 269 g/mol. The van der Waals surface area contributed by atoms with E-state index in [-0.39, 0.29) is 0 Å². The van der Waals surface area contributed by atoms with Gasteiger partial charge in [0.1, 0.15) is 5.75 Å². The predicted octanol–water partition coefficient (Wildman–Crippen LogP) is 3.90. The second-order valence-corrected chi connectivity index (χ2v) is 4.70. The van der Waals surface area contributed by atoms with Crippen LogP contribution in [-0.2, 0) is 6.54 Å². The predicted molar refractivity (Wildman–Crippen MR) is 77.4 cm³/mol. The average molecular weight is 286 g/mol. The molecule has 0 atom stereocenters. The summed E-state index contributed by atoms with van der Waals surface area (Å²) in [6.45, 7) is 4.19. The summed E-state index contributed by atoms with van der Waals surface area (Å²) in [5, 5.41) is 4.43. The summed E-state index contributed by atoms with van der Waals surface area (Å²) in [6, 6.07) is 3.54. The van der Waals surface area contributed by atoms with Crippen LogP contribution in [0.5, 0.6) is 5.75 Å². The van der Waals surface area contributed by atoms with Gasteiger partial charge in [-0.3, -0.25) is 0 Å². The van der Waals surface area contributed by atoms with Crippen LogP contribution in [-0.4, -0.2) is 13.2 Å². The first-order valence-corrected chi connectivity index (χ1v) is 6.69. The van der Waals surface area contributed by atoms with E-state index in [1.807, 2.05) is 6.07 Å². The van der Waals surface area contributed by atoms with Crippen molar-refractivity contribution < 1.29 is 4.74 Å². The van der Waals surface area contributed by atoms with E-state index in [4.69, 9.17) is 34.4 Å². The second kappa shape index (κ2) is 8.26. The molecule has 0 bridgehead atoms. The van der Waals surface area contributed by atoms with E-state index in [1.165, 1.54) is 0 Å². The van der Waals surface area contributed by atoms with Crippen molar-refractivity contribution in [1.29, 1.82) is 0 Å². The number of hydrogen-bond donors (Lipinski definition) is 1. The van der Waals surface area contributed by atoms with Crippen LogP contribution in [0.2, 0.25) is 10.0 Å². The maximum Gasteiger partial charge on any atom is 0.142 e. The maximum atomic E-state index is 6.14. The van der Waals surface area contributed by atoms with E-state index in [9.17, 15) is 0 Å². The summed E-state index contributed by atoms with van der Waals surface area (Å²) in [5.41, 5.74) is 0.956. The Bertz CT molecular complexity index is 427. The van der Waals surface area contributed by atoms with Gasteiger partial charge in [-0.2, -0.15) is 0 Å². The van der Waals surface area contributed by atoms with E-state index >= 15 is 0 Å². The highest BCUT2D eigenvalue weighted by atomic mass is 35.5. The minimum Gasteiger partial charge on any atom is -0.491 e. The Hall–Kier alpha value is -0.880. The molecule has 1 aromatic rings. The number of halogens is 2. The van der Waals surface area contributed by atoms with Crippen LogP contribution in [0.1, 0.15) is 25.3 Å². The van der Waals surface area contributed by atoms with Crippen molar-refractivity contribution in [2.24, 2.45) is 0 Å². The molecule has 0 aromatic heterocycles. The number of terminal acetylenes is 1. The molecule has 2 nitrogen and oxygen atoms in total. The first-order chi connectivity index (χ1) is 8.69. The highest BCUT2D eigenvalue weighted by Crippen LogP contribution is 2.32. The maximum absolute atomic E-state index is 6.14. The molecule has 18 heavy (non-hydrogen) atoms. The fourth-order valence-electron chi connectivity index (χ4n) is 1.52. The third kappa shape index (κ3) is 4.78. The Morgan fingerprint density at radius 1 is 1.39 bits per heavy atom. The lowest BCUT2D eigenvalue weighted by atomic mass is 10.2. The highest BCUT2D eigenvalue weighted by molar-refractivity contribution is 6.35. The Labute approximate surface area is 119 Å². The van der Waals surface area contributed by atoms with Crippen LogP contribution in [0, 0.1) is 12.3 Å². The van der Waals surface area contributed by atoms with Gasteiger partial charge in [-0.25, -0.2) is 0 Å². The summed E-state index contributed by atoms with van der Waals surface area (Å²) in [5.74, 6) is 3.20. The number of rotatable bonds is 7. The van der Waals surface area contributed by atoms with E-state index in [2.05, 4.69) is 18.2 Å². The first kappa shape index (κ1) is 15.2. The summed E-state index contributed by atoms with van der Waals surface area (Å²) in [4.78, 5) is 0. The van der Waals surface area contributed by atoms with Gasteiger partial charge in [0.25, 0.3) is 0 Å². The van der Waals surface area contributed by atoms with Crippen LogP contribution < -0.4 is 10.1 Å². The monoisotopic (exact) mass is 285 g/mol. The topological polar surface area (TPSA) is 21.3 Å². The molecule has 1 rings (SSSR count). The van der Waals surface area contributed by atoms with Crippen molar-refractivity contribution in [3.63, 3.8) is 0 Å². The van der Waals surface area contributed by atoms with Gasteiger partial charge in [0.15, 0.2) is 0 Å². The van der Waals surface area contributed by atoms with Gasteiger partial charge in [-0.05, 0) is 25.1 Å². The molecule has 98 valence electrons. The van der Waals surface area contributed by atoms with Crippen molar-refractivity contribution in [2.75, 3.05) is 13.2 Å². The summed E-state index contributed by atoms with van der Waals surface area (Å²) < 4.78 is 5.62. The Balaban J connectivity index is 2.80. The molecule has 0 aliphatic carbocycles. The van der Waals surface area contributed by atoms with Crippen molar-refractivity contribution in [3.05, 3.63) is 27.7 Å². The highest BCUT2D eigenvalue weighted by Gasteiger charge is 2.10. The fraction of sp³-hybridized carbons (Fsp3) is 0.429. The standard InChI is InChI=1S/C14H17Cl2NO/c1-3-5-7-18-14-11(10-17-6-4-2)8-12(15)9-13(14)16/h1,8-9,17H,4-7,10H2,2H3. The van der Waals surface area contributed by atoms with Gasteiger partial charge in [0.05, 0.1) is 11.6 Å². The lowest BCUT2D eigenvalue weighted by molar-refractivity contribution is 0.323. The Morgan fingerprint density at radius 3 is 2.83 bits per heavy atom. The third-order valence-electron chi connectivity index (χ3n) is 2.32. The zero-order chi connectivity index (χ0) is 13.4. The zero-order valence-corrected chi connectivity index (χ0v) is 11.9. The van der Waals surface area contributed by atoms with Crippen LogP contribution >= 0.6 is 23.2 Å². The van der Waals surface area contributed by atoms with Gasteiger partial charge in [0, 0.05) is 23.6 Å². The lowest BCUT2D eigenvalue weighted by Gasteiger charge is -2.13. The van der Waals surface area contributed by atoms with Crippen LogP contribution in [0.25, 0.3) is 0 Å². The smallest absolute Gasteiger partial charge is 0.142 e. The fourth-order valence-corrected chi connectivity index (χ4v) is 2.11. The van der Waals surface area contributed by atoms with Crippen molar-refractivity contribution >= 4 is 23.2 Å². The van der Waals surface area contributed by atoms with Crippen molar-refractivity contribution in [1.82, 2.24) is 5.32 Å². The van der Waals surface area contributed by atoms with Crippen LogP contribution in [0.3, 0.4) is 0 Å². The van der Waals surface area contributed by atoms with Gasteiger partial charge in [-0.1, -0.05) is 30.1 Å². The molecule has 0 saturated carbocycles. The molecule has 4 heteroatoms. The molecule has 1 aromatic carbocycles. The number of hydrogen-bond acceptors (Lipinski definition) is 2. The van der Waals surface area contributed by atoms with Gasteiger partial charge in [-0.15, -0.1) is 12.3 Å². The molecular formula is C14H17Cl2NO. The summed E-state index contributed by atoms with van der Waals surface area (Å²) >= 11 is 12.1. The Morgan fingerprint density at radius 2 is 2.17 bits per heavy atom. The average Bonchev–Trinajstić information content (AvgIpc) is 2.32. The molecule has 0 heterocycles. The number of ether oxygens (including phenoxy) is 1. The number of nitrogens with one attached hydrogen (secondary N) is 1. The molecule has 0 aliphatic rings. The first-order valence-electron chi connectivity index (χ1n) is 5.94. The van der Waals surface area contributed by atoms with Crippen LogP contribution in [0.15, 0.2) is 12.1 Å². The van der Waals surface area contributed by atoms with Gasteiger partial charge in [0.2, 0.25) is 0 Å². The van der Waals surface area contributed by atoms with E-state index in [1.54, 1.807) is 6.07 Å². The molecule has 0 radical (unpaired) electrons. The van der Waals surface area contributed by atoms with E-state index < -0.39 is 0 Å². The van der Waals surface area contributed by atoms with Gasteiger partial charge >= 0.3 is 0 Å². The molecule has 0 fully saturated rings. The van der Waals surface area contributed by atoms with E-state index in [0.29, 0.717) is 35.4 Å². The number of benzene rings is 1. The molecule has 1 N–H and O–H groups in total. The largest absolute Gasteiger partial charge is 0.491 e. The normalized spacial score (nSPS) is 10.1. The van der Waals surface area contributed by atoms with Crippen LogP contribution in [0.4, 0.5) is 0 Å². The Kier molecular flexibility index (Phi) is 6.97. The van der Waals surface area contributed by atoms with Crippen molar-refractivity contribution in [2.45, 2.75) is 26.3 Å². The summed E-state index contributed by atoms with van der Waals surface area (Å²) in [7, 11) is 0. The summed E-state index contributed by atoms with van der Waals surface area (Å²) in [6.07, 6.45) is 6.82. The zero-order valence-electron chi connectivity index (χ0n) is 10.4. The van der Waals surface area contributed by atoms with E-state index in [0.717, 1.165) is 18.5 Å². The third-order valence-corrected chi connectivity index (χ3v) is 2.82. The molecule has 0 saturated heterocycles. The molecule has 0 amide bonds. The SMILES string of the molecule is C#CCCOc1c(Cl)cc(Cl)cc1CNCCC. The van der Waals surface area contributed by atoms with Gasteiger partial charge < -0.3 is 10.1 Å². The quantitative estimate of drug-likeness (QED) is 0.606. The molecule has 0 unspecified atom stereocenters. The second-order valence-electron chi connectivity index (χ2n) is 3.86. The van der Waals surface area contributed by atoms with Crippen molar-refractivity contribution in [3.8, 4) is 18.1 Å².